The lowest BCUT2D eigenvalue weighted by Crippen LogP contribution is -1.93. The van der Waals surface area contributed by atoms with E-state index in [0.717, 1.165) is 11.3 Å². The van der Waals surface area contributed by atoms with Crippen LogP contribution in [0.1, 0.15) is 19.4 Å². The molecule has 18 heavy (non-hydrogen) atoms. The molecule has 0 aliphatic rings. The van der Waals surface area contributed by atoms with Gasteiger partial charge in [-0.3, -0.25) is 0 Å². The highest BCUT2D eigenvalue weighted by molar-refractivity contribution is 5.86. The van der Waals surface area contributed by atoms with Crippen molar-refractivity contribution in [3.8, 4) is 5.75 Å². The van der Waals surface area contributed by atoms with Crippen LogP contribution in [0.5, 0.6) is 5.75 Å². The molecule has 0 spiro atoms. The molecular formula is C15H18O3. The Hall–Kier alpha value is -2.03. The van der Waals surface area contributed by atoms with Crippen molar-refractivity contribution in [1.82, 2.24) is 0 Å². The van der Waals surface area contributed by atoms with Crippen LogP contribution in [0.25, 0.3) is 6.08 Å². The largest absolute Gasteiger partial charge is 0.466 e. The summed E-state index contributed by atoms with van der Waals surface area (Å²) in [5.41, 5.74) is 0.917. The lowest BCUT2D eigenvalue weighted by molar-refractivity contribution is -0.134. The highest BCUT2D eigenvalue weighted by Gasteiger charge is 1.94. The summed E-state index contributed by atoms with van der Waals surface area (Å²) in [4.78, 5) is 10.9. The average molecular weight is 246 g/mol. The van der Waals surface area contributed by atoms with Gasteiger partial charge in [-0.05, 0) is 35.8 Å². The van der Waals surface area contributed by atoms with E-state index in [-0.39, 0.29) is 5.97 Å². The van der Waals surface area contributed by atoms with Crippen molar-refractivity contribution in [1.29, 1.82) is 0 Å². The van der Waals surface area contributed by atoms with E-state index in [1.165, 1.54) is 13.2 Å². The van der Waals surface area contributed by atoms with E-state index in [4.69, 9.17) is 4.74 Å². The number of methoxy groups -OCH3 is 1. The van der Waals surface area contributed by atoms with Crippen LogP contribution in [0, 0.1) is 5.92 Å². The summed E-state index contributed by atoms with van der Waals surface area (Å²) in [5.74, 6) is 0.865. The van der Waals surface area contributed by atoms with E-state index in [1.807, 2.05) is 30.3 Å². The van der Waals surface area contributed by atoms with Gasteiger partial charge in [0.05, 0.1) is 13.4 Å². The van der Waals surface area contributed by atoms with Crippen molar-refractivity contribution in [3.63, 3.8) is 0 Å². The normalized spacial score (nSPS) is 11.3. The Labute approximate surface area is 108 Å². The fourth-order valence-corrected chi connectivity index (χ4v) is 1.16. The molecule has 0 atom stereocenters. The first kappa shape index (κ1) is 14.0. The van der Waals surface area contributed by atoms with Crippen LogP contribution in [-0.4, -0.2) is 13.1 Å². The fraction of sp³-hybridized carbons (Fsp3) is 0.267. The Bertz CT molecular complexity index is 428. The first-order chi connectivity index (χ1) is 8.61. The average Bonchev–Trinajstić information content (AvgIpc) is 2.37. The minimum atomic E-state index is -0.366. The number of carbonyl (C=O) groups is 1. The first-order valence-corrected chi connectivity index (χ1v) is 5.81. The zero-order chi connectivity index (χ0) is 13.4. The maximum atomic E-state index is 10.9. The Morgan fingerprint density at radius 1 is 1.22 bits per heavy atom. The minimum Gasteiger partial charge on any atom is -0.466 e. The molecule has 0 unspecified atom stereocenters. The van der Waals surface area contributed by atoms with Gasteiger partial charge < -0.3 is 9.47 Å². The number of hydrogen-bond donors (Lipinski definition) is 0. The molecule has 0 aliphatic heterocycles. The van der Waals surface area contributed by atoms with Gasteiger partial charge in [0.15, 0.2) is 0 Å². The third-order valence-electron chi connectivity index (χ3n) is 2.16. The molecule has 0 saturated heterocycles. The van der Waals surface area contributed by atoms with Crippen molar-refractivity contribution in [2.75, 3.05) is 7.11 Å². The lowest BCUT2D eigenvalue weighted by Gasteiger charge is -2.01. The predicted molar refractivity (Wildman–Crippen MR) is 72.1 cm³/mol. The van der Waals surface area contributed by atoms with Crippen molar-refractivity contribution < 1.29 is 14.3 Å². The van der Waals surface area contributed by atoms with E-state index >= 15 is 0 Å². The van der Waals surface area contributed by atoms with Gasteiger partial charge in [-0.1, -0.05) is 26.0 Å². The van der Waals surface area contributed by atoms with Crippen molar-refractivity contribution in [2.45, 2.75) is 13.8 Å². The number of esters is 1. The zero-order valence-corrected chi connectivity index (χ0v) is 10.9. The number of carbonyl (C=O) groups excluding carboxylic acids is 1. The summed E-state index contributed by atoms with van der Waals surface area (Å²) < 4.78 is 9.93. The predicted octanol–water partition coefficient (Wildman–Crippen LogP) is 3.42. The third kappa shape index (κ3) is 5.34. The molecular weight excluding hydrogens is 228 g/mol. The smallest absolute Gasteiger partial charge is 0.330 e. The Morgan fingerprint density at radius 3 is 2.44 bits per heavy atom. The molecule has 0 aliphatic carbocycles. The minimum absolute atomic E-state index is 0.366. The van der Waals surface area contributed by atoms with E-state index in [0.29, 0.717) is 5.92 Å². The van der Waals surface area contributed by atoms with Gasteiger partial charge in [-0.25, -0.2) is 4.79 Å². The molecule has 3 heteroatoms. The van der Waals surface area contributed by atoms with Crippen LogP contribution < -0.4 is 4.74 Å². The number of ether oxygens (including phenoxy) is 2. The van der Waals surface area contributed by atoms with Crippen molar-refractivity contribution in [2.24, 2.45) is 5.92 Å². The van der Waals surface area contributed by atoms with Gasteiger partial charge in [0.25, 0.3) is 0 Å². The van der Waals surface area contributed by atoms with Gasteiger partial charge >= 0.3 is 5.97 Å². The molecule has 0 saturated carbocycles. The third-order valence-corrected chi connectivity index (χ3v) is 2.16. The molecule has 1 rings (SSSR count). The van der Waals surface area contributed by atoms with Crippen LogP contribution >= 0.6 is 0 Å². The van der Waals surface area contributed by atoms with Crippen molar-refractivity contribution >= 4 is 12.0 Å². The van der Waals surface area contributed by atoms with Crippen LogP contribution in [0.3, 0.4) is 0 Å². The topological polar surface area (TPSA) is 35.5 Å². The van der Waals surface area contributed by atoms with Crippen LogP contribution in [-0.2, 0) is 9.53 Å². The molecule has 0 radical (unpaired) electrons. The fourth-order valence-electron chi connectivity index (χ4n) is 1.16. The second-order valence-corrected chi connectivity index (χ2v) is 4.12. The highest BCUT2D eigenvalue weighted by Crippen LogP contribution is 2.13. The quantitative estimate of drug-likeness (QED) is 0.453. The van der Waals surface area contributed by atoms with E-state index in [1.54, 1.807) is 12.3 Å². The summed E-state index contributed by atoms with van der Waals surface area (Å²) in [7, 11) is 1.35. The van der Waals surface area contributed by atoms with Gasteiger partial charge in [0, 0.05) is 6.08 Å². The maximum Gasteiger partial charge on any atom is 0.330 e. The molecule has 1 aromatic carbocycles. The number of hydrogen-bond acceptors (Lipinski definition) is 3. The molecule has 0 N–H and O–H groups in total. The van der Waals surface area contributed by atoms with Gasteiger partial charge in [-0.15, -0.1) is 0 Å². The Balaban J connectivity index is 2.57. The second-order valence-electron chi connectivity index (χ2n) is 4.12. The highest BCUT2D eigenvalue weighted by atomic mass is 16.5. The summed E-state index contributed by atoms with van der Waals surface area (Å²) >= 11 is 0. The monoisotopic (exact) mass is 246 g/mol. The molecule has 96 valence electrons. The number of allylic oxidation sites excluding steroid dienone is 1. The summed E-state index contributed by atoms with van der Waals surface area (Å²) in [6, 6.07) is 7.44. The molecule has 0 heterocycles. The van der Waals surface area contributed by atoms with E-state index < -0.39 is 0 Å². The Kier molecular flexibility index (Phi) is 5.71. The van der Waals surface area contributed by atoms with Crippen molar-refractivity contribution in [3.05, 3.63) is 48.2 Å². The summed E-state index contributed by atoms with van der Waals surface area (Å²) in [5, 5.41) is 0. The lowest BCUT2D eigenvalue weighted by atomic mass is 10.2. The second kappa shape index (κ2) is 7.33. The van der Waals surface area contributed by atoms with E-state index in [9.17, 15) is 4.79 Å². The SMILES string of the molecule is COC(=O)/C=C/c1ccc(O/C=C/C(C)C)cc1. The summed E-state index contributed by atoms with van der Waals surface area (Å²) in [6.07, 6.45) is 6.74. The molecule has 0 bridgehead atoms. The van der Waals surface area contributed by atoms with E-state index in [2.05, 4.69) is 18.6 Å². The Morgan fingerprint density at radius 2 is 1.89 bits per heavy atom. The van der Waals surface area contributed by atoms with Gasteiger partial charge in [0.1, 0.15) is 5.75 Å². The van der Waals surface area contributed by atoms with Crippen LogP contribution in [0.4, 0.5) is 0 Å². The molecule has 0 fully saturated rings. The van der Waals surface area contributed by atoms with Gasteiger partial charge in [-0.2, -0.15) is 0 Å². The standard InChI is InChI=1S/C15H18O3/c1-12(2)10-11-18-14-7-4-13(5-8-14)6-9-15(16)17-3/h4-12H,1-3H3/b9-6+,11-10+. The first-order valence-electron chi connectivity index (χ1n) is 5.81. The number of benzene rings is 1. The molecule has 0 aromatic heterocycles. The van der Waals surface area contributed by atoms with Crippen LogP contribution in [0.15, 0.2) is 42.7 Å². The molecule has 1 aromatic rings. The zero-order valence-electron chi connectivity index (χ0n) is 10.9. The maximum absolute atomic E-state index is 10.9. The molecule has 0 amide bonds. The van der Waals surface area contributed by atoms with Gasteiger partial charge in [0.2, 0.25) is 0 Å². The number of rotatable bonds is 5. The summed E-state index contributed by atoms with van der Waals surface area (Å²) in [6.45, 7) is 4.17. The molecule has 3 nitrogen and oxygen atoms in total. The van der Waals surface area contributed by atoms with Crippen LogP contribution in [0.2, 0.25) is 0 Å².